The Morgan fingerprint density at radius 1 is 1.14 bits per heavy atom. The predicted octanol–water partition coefficient (Wildman–Crippen LogP) is 4.21. The molecule has 0 fully saturated rings. The molecule has 1 aromatic heterocycles. The summed E-state index contributed by atoms with van der Waals surface area (Å²) in [5.41, 5.74) is 1.06. The smallest absolute Gasteiger partial charge is 0.416 e. The number of nitrogens with zero attached hydrogens (tertiary/aromatic N) is 1. The Kier molecular flexibility index (Phi) is 5.54. The van der Waals surface area contributed by atoms with E-state index in [-0.39, 0.29) is 11.6 Å². The lowest BCUT2D eigenvalue weighted by molar-refractivity contribution is -0.117. The lowest BCUT2D eigenvalue weighted by Crippen LogP contribution is -2.32. The highest BCUT2D eigenvalue weighted by Crippen LogP contribution is 2.22. The number of carboxylic acid groups (broad SMARTS) is 1. The SMILES string of the molecule is C[C@H](Cc1cn(C(=O)O)c2ccccc12)NC(=O)C=Cc1c(F)cccc1F. The number of hydrogen-bond donors (Lipinski definition) is 2. The fraction of sp³-hybridized carbons (Fsp3) is 0.143. The van der Waals surface area contributed by atoms with Crippen LogP contribution >= 0.6 is 0 Å². The van der Waals surface area contributed by atoms with Crippen LogP contribution in [0.15, 0.2) is 54.7 Å². The molecule has 5 nitrogen and oxygen atoms in total. The van der Waals surface area contributed by atoms with Crippen LogP contribution in [0.25, 0.3) is 17.0 Å². The molecular formula is C21H18F2N2O3. The number of nitrogens with one attached hydrogen (secondary N) is 1. The molecule has 2 N–H and O–H groups in total. The van der Waals surface area contributed by atoms with Gasteiger partial charge in [-0.3, -0.25) is 9.36 Å². The normalized spacial score (nSPS) is 12.4. The molecule has 0 aliphatic heterocycles. The lowest BCUT2D eigenvalue weighted by Gasteiger charge is -2.12. The molecule has 7 heteroatoms. The number of halogens is 2. The molecule has 0 radical (unpaired) electrons. The summed E-state index contributed by atoms with van der Waals surface area (Å²) in [5, 5.41) is 12.8. The highest BCUT2D eigenvalue weighted by molar-refractivity contribution is 5.93. The topological polar surface area (TPSA) is 71.3 Å². The summed E-state index contributed by atoms with van der Waals surface area (Å²) >= 11 is 0. The van der Waals surface area contributed by atoms with Crippen LogP contribution < -0.4 is 5.32 Å². The van der Waals surface area contributed by atoms with Crippen molar-refractivity contribution in [1.82, 2.24) is 9.88 Å². The fourth-order valence-corrected chi connectivity index (χ4v) is 3.07. The van der Waals surface area contributed by atoms with Crippen LogP contribution in [0.5, 0.6) is 0 Å². The van der Waals surface area contributed by atoms with Crippen molar-refractivity contribution in [3.05, 3.63) is 77.5 Å². The molecule has 0 bridgehead atoms. The van der Waals surface area contributed by atoms with Crippen molar-refractivity contribution >= 4 is 29.0 Å². The molecule has 0 unspecified atom stereocenters. The molecule has 0 saturated heterocycles. The molecule has 0 aliphatic carbocycles. The zero-order valence-corrected chi connectivity index (χ0v) is 15.0. The molecule has 144 valence electrons. The van der Waals surface area contributed by atoms with E-state index < -0.39 is 23.6 Å². The standard InChI is InChI=1S/C21H18F2N2O3/c1-13(24-20(26)10-9-16-17(22)6-4-7-18(16)23)11-14-12-25(21(27)28)19-8-3-2-5-15(14)19/h2-10,12-13H,11H2,1H3,(H,24,26)(H,27,28)/t13-/m1/s1. The van der Waals surface area contributed by atoms with Gasteiger partial charge in [0, 0.05) is 29.3 Å². The van der Waals surface area contributed by atoms with Gasteiger partial charge >= 0.3 is 6.09 Å². The number of carbonyl (C=O) groups is 2. The number of rotatable bonds is 5. The number of fused-ring (bicyclic) bond motifs is 1. The summed E-state index contributed by atoms with van der Waals surface area (Å²) in [5.74, 6) is -2.01. The number of benzene rings is 2. The molecule has 3 aromatic rings. The summed E-state index contributed by atoms with van der Waals surface area (Å²) in [7, 11) is 0. The third-order valence-electron chi connectivity index (χ3n) is 4.32. The lowest BCUT2D eigenvalue weighted by atomic mass is 10.1. The Hall–Kier alpha value is -3.48. The van der Waals surface area contributed by atoms with Crippen molar-refractivity contribution in [2.75, 3.05) is 0 Å². The molecule has 0 aliphatic rings. The summed E-state index contributed by atoms with van der Waals surface area (Å²) in [6, 6.07) is 10.2. The zero-order valence-electron chi connectivity index (χ0n) is 15.0. The Morgan fingerprint density at radius 3 is 2.50 bits per heavy atom. The molecule has 0 spiro atoms. The third kappa shape index (κ3) is 4.09. The van der Waals surface area contributed by atoms with Gasteiger partial charge in [0.15, 0.2) is 0 Å². The first kappa shape index (κ1) is 19.3. The second-order valence-corrected chi connectivity index (χ2v) is 6.41. The number of aromatic nitrogens is 1. The summed E-state index contributed by atoms with van der Waals surface area (Å²) in [6.07, 6.45) is 2.99. The fourth-order valence-electron chi connectivity index (χ4n) is 3.07. The van der Waals surface area contributed by atoms with E-state index in [0.29, 0.717) is 11.9 Å². The van der Waals surface area contributed by atoms with Crippen molar-refractivity contribution in [3.63, 3.8) is 0 Å². The first-order valence-electron chi connectivity index (χ1n) is 8.61. The van der Waals surface area contributed by atoms with E-state index in [9.17, 15) is 23.5 Å². The second-order valence-electron chi connectivity index (χ2n) is 6.41. The van der Waals surface area contributed by atoms with E-state index >= 15 is 0 Å². The van der Waals surface area contributed by atoms with Gasteiger partial charge in [-0.25, -0.2) is 13.6 Å². The minimum absolute atomic E-state index is 0.283. The van der Waals surface area contributed by atoms with Gasteiger partial charge < -0.3 is 10.4 Å². The van der Waals surface area contributed by atoms with Crippen LogP contribution in [-0.2, 0) is 11.2 Å². The van der Waals surface area contributed by atoms with Gasteiger partial charge in [0.05, 0.1) is 5.52 Å². The second kappa shape index (κ2) is 8.04. The molecule has 1 heterocycles. The Morgan fingerprint density at radius 2 is 1.82 bits per heavy atom. The van der Waals surface area contributed by atoms with E-state index in [4.69, 9.17) is 0 Å². The van der Waals surface area contributed by atoms with Crippen LogP contribution in [0.2, 0.25) is 0 Å². The molecule has 1 amide bonds. The van der Waals surface area contributed by atoms with Crippen LogP contribution in [0.3, 0.4) is 0 Å². The summed E-state index contributed by atoms with van der Waals surface area (Å²) in [6.45, 7) is 1.77. The van der Waals surface area contributed by atoms with Gasteiger partial charge in [0.1, 0.15) is 11.6 Å². The first-order valence-corrected chi connectivity index (χ1v) is 8.61. The minimum Gasteiger partial charge on any atom is -0.464 e. The van der Waals surface area contributed by atoms with Crippen molar-refractivity contribution in [3.8, 4) is 0 Å². The van der Waals surface area contributed by atoms with Crippen molar-refractivity contribution in [1.29, 1.82) is 0 Å². The van der Waals surface area contributed by atoms with E-state index in [2.05, 4.69) is 5.32 Å². The predicted molar refractivity (Wildman–Crippen MR) is 102 cm³/mol. The Labute approximate surface area is 159 Å². The number of amides is 1. The molecule has 2 aromatic carbocycles. The number of carbonyl (C=O) groups excluding carboxylic acids is 1. The number of para-hydroxylation sites is 1. The Balaban J connectivity index is 1.71. The maximum absolute atomic E-state index is 13.6. The van der Waals surface area contributed by atoms with Crippen LogP contribution in [0, 0.1) is 11.6 Å². The molecule has 1 atom stereocenters. The van der Waals surface area contributed by atoms with E-state index in [0.717, 1.165) is 39.8 Å². The number of hydrogen-bond acceptors (Lipinski definition) is 2. The van der Waals surface area contributed by atoms with Crippen molar-refractivity contribution < 1.29 is 23.5 Å². The summed E-state index contributed by atoms with van der Waals surface area (Å²) < 4.78 is 28.3. The zero-order chi connectivity index (χ0) is 20.3. The monoisotopic (exact) mass is 384 g/mol. The van der Waals surface area contributed by atoms with Gasteiger partial charge in [-0.2, -0.15) is 0 Å². The molecule has 3 rings (SSSR count). The summed E-state index contributed by atoms with van der Waals surface area (Å²) in [4.78, 5) is 23.5. The van der Waals surface area contributed by atoms with Gasteiger partial charge in [-0.05, 0) is 43.2 Å². The van der Waals surface area contributed by atoms with Gasteiger partial charge in [-0.15, -0.1) is 0 Å². The van der Waals surface area contributed by atoms with Gasteiger partial charge in [0.2, 0.25) is 5.91 Å². The quantitative estimate of drug-likeness (QED) is 0.648. The van der Waals surface area contributed by atoms with Crippen molar-refractivity contribution in [2.45, 2.75) is 19.4 Å². The molecule has 0 saturated carbocycles. The molecular weight excluding hydrogens is 366 g/mol. The van der Waals surface area contributed by atoms with Crippen LogP contribution in [0.4, 0.5) is 13.6 Å². The van der Waals surface area contributed by atoms with Crippen molar-refractivity contribution in [2.24, 2.45) is 0 Å². The highest BCUT2D eigenvalue weighted by Gasteiger charge is 2.15. The third-order valence-corrected chi connectivity index (χ3v) is 4.32. The first-order chi connectivity index (χ1) is 13.4. The molecule has 28 heavy (non-hydrogen) atoms. The van der Waals surface area contributed by atoms with E-state index in [1.165, 1.54) is 12.3 Å². The average molecular weight is 384 g/mol. The highest BCUT2D eigenvalue weighted by atomic mass is 19.1. The minimum atomic E-state index is -1.09. The maximum Gasteiger partial charge on any atom is 0.416 e. The van der Waals surface area contributed by atoms with Gasteiger partial charge in [-0.1, -0.05) is 24.3 Å². The van der Waals surface area contributed by atoms with E-state index in [1.54, 1.807) is 19.1 Å². The Bertz CT molecular complexity index is 1050. The van der Waals surface area contributed by atoms with Crippen LogP contribution in [-0.4, -0.2) is 27.7 Å². The van der Waals surface area contributed by atoms with E-state index in [1.807, 2.05) is 12.1 Å². The van der Waals surface area contributed by atoms with Gasteiger partial charge in [0.25, 0.3) is 0 Å². The van der Waals surface area contributed by atoms with Crippen LogP contribution in [0.1, 0.15) is 18.1 Å². The maximum atomic E-state index is 13.6. The average Bonchev–Trinajstić information content (AvgIpc) is 3.00. The largest absolute Gasteiger partial charge is 0.464 e.